The van der Waals surface area contributed by atoms with Gasteiger partial charge in [0.1, 0.15) is 5.60 Å². The molecule has 2 aliphatic heterocycles. The highest BCUT2D eigenvalue weighted by atomic mass is 32.2. The van der Waals surface area contributed by atoms with E-state index >= 15 is 4.39 Å². The van der Waals surface area contributed by atoms with Crippen LogP contribution in [0.5, 0.6) is 0 Å². The molecule has 2 saturated heterocycles. The molecule has 38 heavy (non-hydrogen) atoms. The Balaban J connectivity index is 1.61. The van der Waals surface area contributed by atoms with Crippen molar-refractivity contribution in [3.8, 4) is 11.1 Å². The van der Waals surface area contributed by atoms with Crippen molar-refractivity contribution in [3.63, 3.8) is 0 Å². The molecular formula is C26H38FN5O5S. The number of morpholine rings is 1. The fraction of sp³-hybridized carbons (Fsp3) is 0.615. The fourth-order valence-corrected chi connectivity index (χ4v) is 5.85. The van der Waals surface area contributed by atoms with Crippen molar-refractivity contribution >= 4 is 27.6 Å². The van der Waals surface area contributed by atoms with Crippen LogP contribution in [0.4, 0.5) is 20.7 Å². The van der Waals surface area contributed by atoms with E-state index in [0.717, 1.165) is 0 Å². The average Bonchev–Trinajstić information content (AvgIpc) is 3.30. The maximum absolute atomic E-state index is 15.7. The van der Waals surface area contributed by atoms with Crippen LogP contribution in [0, 0.1) is 5.82 Å². The zero-order valence-electron chi connectivity index (χ0n) is 22.6. The lowest BCUT2D eigenvalue weighted by Gasteiger charge is -2.33. The van der Waals surface area contributed by atoms with Gasteiger partial charge in [-0.25, -0.2) is 17.6 Å². The number of halogens is 1. The highest BCUT2D eigenvalue weighted by molar-refractivity contribution is 7.92. The highest BCUT2D eigenvalue weighted by Gasteiger charge is 2.30. The molecule has 0 aliphatic carbocycles. The van der Waals surface area contributed by atoms with Crippen LogP contribution in [0.1, 0.15) is 53.0 Å². The van der Waals surface area contributed by atoms with Gasteiger partial charge < -0.3 is 19.3 Å². The monoisotopic (exact) mass is 551 g/mol. The van der Waals surface area contributed by atoms with Gasteiger partial charge in [-0.05, 0) is 46.1 Å². The molecule has 0 radical (unpaired) electrons. The van der Waals surface area contributed by atoms with Crippen LogP contribution in [-0.4, -0.2) is 79.9 Å². The zero-order valence-corrected chi connectivity index (χ0v) is 23.4. The van der Waals surface area contributed by atoms with Crippen molar-refractivity contribution in [2.75, 3.05) is 54.8 Å². The topological polar surface area (TPSA) is 106 Å². The van der Waals surface area contributed by atoms with Crippen LogP contribution in [0.25, 0.3) is 11.1 Å². The van der Waals surface area contributed by atoms with E-state index in [1.54, 1.807) is 24.0 Å². The number of hydrogen-bond donors (Lipinski definition) is 1. The summed E-state index contributed by atoms with van der Waals surface area (Å²) in [6.45, 7) is 10.7. The molecule has 1 N–H and O–H groups in total. The minimum absolute atomic E-state index is 0.0246. The third-order valence-electron chi connectivity index (χ3n) is 6.54. The van der Waals surface area contributed by atoms with Gasteiger partial charge in [0.05, 0.1) is 30.7 Å². The number of carbonyl (C=O) groups is 1. The molecule has 2 fully saturated rings. The Hall–Kier alpha value is -2.86. The number of benzene rings is 1. The number of aromatic nitrogens is 2. The maximum atomic E-state index is 15.7. The minimum Gasteiger partial charge on any atom is -0.444 e. The summed E-state index contributed by atoms with van der Waals surface area (Å²) in [5, 5.41) is 4.89. The first-order chi connectivity index (χ1) is 18.0. The third-order valence-corrected chi connectivity index (χ3v) is 8.02. The molecule has 12 heteroatoms. The van der Waals surface area contributed by atoms with E-state index in [1.165, 1.54) is 6.07 Å². The Morgan fingerprint density at radius 3 is 2.47 bits per heavy atom. The van der Waals surface area contributed by atoms with E-state index in [2.05, 4.69) is 9.62 Å². The summed E-state index contributed by atoms with van der Waals surface area (Å²) < 4.78 is 55.6. The summed E-state index contributed by atoms with van der Waals surface area (Å²) in [7, 11) is -3.65. The number of likely N-dealkylation sites (tertiary alicyclic amines) is 1. The number of sulfonamides is 1. The molecule has 1 amide bonds. The minimum atomic E-state index is -3.65. The third kappa shape index (κ3) is 6.76. The Labute approximate surface area is 224 Å². The molecule has 1 aromatic heterocycles. The molecule has 4 rings (SSSR count). The molecule has 0 bridgehead atoms. The van der Waals surface area contributed by atoms with E-state index < -0.39 is 21.4 Å². The van der Waals surface area contributed by atoms with Crippen molar-refractivity contribution < 1.29 is 27.1 Å². The zero-order chi connectivity index (χ0) is 27.5. The standard InChI is InChI=1S/C26H38FN5O5S/c1-5-17-38(34,35)29-22-8-6-7-20(23(22)27)21-18-32(28-24(21)30-13-15-36-16-14-30)19-9-11-31(12-10-19)25(33)37-26(2,3)4/h6-8,18-19,29H,5,9-17H2,1-4H3. The number of rotatable bonds is 7. The van der Waals surface area contributed by atoms with Gasteiger partial charge in [-0.3, -0.25) is 9.40 Å². The number of carbonyl (C=O) groups excluding carboxylic acids is 1. The lowest BCUT2D eigenvalue weighted by Crippen LogP contribution is -2.42. The Bertz CT molecular complexity index is 1230. The number of ether oxygens (including phenoxy) is 2. The van der Waals surface area contributed by atoms with Gasteiger partial charge in [0.2, 0.25) is 10.0 Å². The summed E-state index contributed by atoms with van der Waals surface area (Å²) in [4.78, 5) is 16.3. The smallest absolute Gasteiger partial charge is 0.410 e. The number of nitrogens with one attached hydrogen (secondary N) is 1. The normalized spacial score (nSPS) is 17.5. The average molecular weight is 552 g/mol. The van der Waals surface area contributed by atoms with E-state index in [9.17, 15) is 13.2 Å². The largest absolute Gasteiger partial charge is 0.444 e. The maximum Gasteiger partial charge on any atom is 0.410 e. The fourth-order valence-electron chi connectivity index (χ4n) is 4.71. The molecule has 2 aliphatic rings. The van der Waals surface area contributed by atoms with Gasteiger partial charge in [0.15, 0.2) is 11.6 Å². The van der Waals surface area contributed by atoms with E-state index in [0.29, 0.717) is 70.0 Å². The van der Waals surface area contributed by atoms with Crippen molar-refractivity contribution in [2.45, 2.75) is 58.6 Å². The molecule has 0 unspecified atom stereocenters. The van der Waals surface area contributed by atoms with Gasteiger partial charge in [-0.15, -0.1) is 0 Å². The number of anilines is 2. The van der Waals surface area contributed by atoms with Crippen molar-refractivity contribution in [1.82, 2.24) is 14.7 Å². The molecule has 3 heterocycles. The number of nitrogens with zero attached hydrogens (tertiary/aromatic N) is 4. The predicted molar refractivity (Wildman–Crippen MR) is 144 cm³/mol. The van der Waals surface area contributed by atoms with Crippen LogP contribution in [0.3, 0.4) is 0 Å². The number of amides is 1. The molecule has 0 saturated carbocycles. The van der Waals surface area contributed by atoms with Gasteiger partial charge in [0, 0.05) is 43.5 Å². The first kappa shape index (κ1) is 28.2. The predicted octanol–water partition coefficient (Wildman–Crippen LogP) is 4.25. The van der Waals surface area contributed by atoms with Crippen LogP contribution in [-0.2, 0) is 19.5 Å². The Morgan fingerprint density at radius 2 is 1.84 bits per heavy atom. The second-order valence-electron chi connectivity index (χ2n) is 10.7. The van der Waals surface area contributed by atoms with Crippen molar-refractivity contribution in [1.29, 1.82) is 0 Å². The Morgan fingerprint density at radius 1 is 1.16 bits per heavy atom. The Kier molecular flexibility index (Phi) is 8.51. The van der Waals surface area contributed by atoms with Gasteiger partial charge >= 0.3 is 6.09 Å². The number of hydrogen-bond acceptors (Lipinski definition) is 7. The lowest BCUT2D eigenvalue weighted by atomic mass is 10.0. The quantitative estimate of drug-likeness (QED) is 0.548. The first-order valence-corrected chi connectivity index (χ1v) is 14.8. The summed E-state index contributed by atoms with van der Waals surface area (Å²) >= 11 is 0. The molecule has 210 valence electrons. The molecule has 1 aromatic carbocycles. The summed E-state index contributed by atoms with van der Waals surface area (Å²) in [5.41, 5.74) is 0.236. The van der Waals surface area contributed by atoms with Gasteiger partial charge in [-0.2, -0.15) is 5.10 Å². The molecule has 0 spiro atoms. The summed E-state index contributed by atoms with van der Waals surface area (Å²) in [6, 6.07) is 4.74. The van der Waals surface area contributed by atoms with Crippen molar-refractivity contribution in [3.05, 3.63) is 30.2 Å². The van der Waals surface area contributed by atoms with E-state index in [-0.39, 0.29) is 29.1 Å². The summed E-state index contributed by atoms with van der Waals surface area (Å²) in [6.07, 6.45) is 3.30. The number of piperidine rings is 1. The molecular weight excluding hydrogens is 513 g/mol. The first-order valence-electron chi connectivity index (χ1n) is 13.2. The second-order valence-corrected chi connectivity index (χ2v) is 12.6. The van der Waals surface area contributed by atoms with Crippen LogP contribution >= 0.6 is 0 Å². The van der Waals surface area contributed by atoms with E-state index in [4.69, 9.17) is 14.6 Å². The molecule has 10 nitrogen and oxygen atoms in total. The van der Waals surface area contributed by atoms with Crippen molar-refractivity contribution in [2.24, 2.45) is 0 Å². The lowest BCUT2D eigenvalue weighted by molar-refractivity contribution is 0.0185. The van der Waals surface area contributed by atoms with E-state index in [1.807, 2.05) is 31.6 Å². The van der Waals surface area contributed by atoms with Crippen LogP contribution < -0.4 is 9.62 Å². The highest BCUT2D eigenvalue weighted by Crippen LogP contribution is 2.37. The second kappa shape index (κ2) is 11.5. The SMILES string of the molecule is CCCS(=O)(=O)Nc1cccc(-c2cn(C3CCN(C(=O)OC(C)(C)C)CC3)nc2N2CCOCC2)c1F. The van der Waals surface area contributed by atoms with Gasteiger partial charge in [0.25, 0.3) is 0 Å². The molecule has 0 atom stereocenters. The summed E-state index contributed by atoms with van der Waals surface area (Å²) in [5.74, 6) is -0.0911. The van der Waals surface area contributed by atoms with Gasteiger partial charge in [-0.1, -0.05) is 19.1 Å². The van der Waals surface area contributed by atoms with Crippen LogP contribution in [0.15, 0.2) is 24.4 Å². The molecule has 2 aromatic rings. The van der Waals surface area contributed by atoms with Crippen LogP contribution in [0.2, 0.25) is 0 Å².